The number of rotatable bonds is 4. The van der Waals surface area contributed by atoms with E-state index in [1.165, 1.54) is 0 Å². The molecular formula is C13H14BrNO3. The topological polar surface area (TPSA) is 57.6 Å². The van der Waals surface area contributed by atoms with E-state index in [1.807, 2.05) is 24.3 Å². The first-order valence-electron chi connectivity index (χ1n) is 5.81. The van der Waals surface area contributed by atoms with Crippen molar-refractivity contribution in [3.63, 3.8) is 0 Å². The van der Waals surface area contributed by atoms with E-state index >= 15 is 0 Å². The molecule has 18 heavy (non-hydrogen) atoms. The van der Waals surface area contributed by atoms with E-state index in [2.05, 4.69) is 15.9 Å². The number of likely N-dealkylation sites (tertiary alicyclic amines) is 1. The molecule has 0 radical (unpaired) electrons. The lowest BCUT2D eigenvalue weighted by Gasteiger charge is -2.36. The van der Waals surface area contributed by atoms with Gasteiger partial charge in [0.15, 0.2) is 0 Å². The van der Waals surface area contributed by atoms with E-state index in [0.29, 0.717) is 25.9 Å². The van der Waals surface area contributed by atoms with E-state index in [1.54, 1.807) is 4.90 Å². The molecular weight excluding hydrogens is 298 g/mol. The van der Waals surface area contributed by atoms with Crippen LogP contribution in [-0.2, 0) is 16.0 Å². The van der Waals surface area contributed by atoms with Gasteiger partial charge in [-0.15, -0.1) is 0 Å². The number of carboxylic acids is 1. The molecule has 96 valence electrons. The molecule has 0 aliphatic carbocycles. The van der Waals surface area contributed by atoms with Crippen molar-refractivity contribution >= 4 is 27.8 Å². The number of hydrogen-bond donors (Lipinski definition) is 1. The highest BCUT2D eigenvalue weighted by Crippen LogP contribution is 2.18. The minimum Gasteiger partial charge on any atom is -0.481 e. The molecule has 1 aromatic carbocycles. The molecule has 0 spiro atoms. The molecule has 0 saturated carbocycles. The molecule has 0 bridgehead atoms. The Labute approximate surface area is 114 Å². The Morgan fingerprint density at radius 3 is 2.72 bits per heavy atom. The number of amides is 1. The number of halogens is 1. The van der Waals surface area contributed by atoms with Gasteiger partial charge in [-0.2, -0.15) is 0 Å². The Morgan fingerprint density at radius 1 is 1.39 bits per heavy atom. The molecule has 0 aromatic heterocycles. The number of nitrogens with zero attached hydrogens (tertiary/aromatic N) is 1. The Balaban J connectivity index is 1.78. The molecule has 1 aliphatic rings. The number of hydrogen-bond acceptors (Lipinski definition) is 2. The highest BCUT2D eigenvalue weighted by Gasteiger charge is 2.34. The standard InChI is InChI=1S/C13H14BrNO3/c14-11-3-1-2-9(6-11)4-5-12(16)15-7-10(8-15)13(17)18/h1-3,6,10H,4-5,7-8H2,(H,17,18). The predicted molar refractivity (Wildman–Crippen MR) is 70.2 cm³/mol. The quantitative estimate of drug-likeness (QED) is 0.924. The summed E-state index contributed by atoms with van der Waals surface area (Å²) in [7, 11) is 0. The maximum Gasteiger partial charge on any atom is 0.310 e. The molecule has 2 rings (SSSR count). The van der Waals surface area contributed by atoms with Gasteiger partial charge in [-0.05, 0) is 24.1 Å². The van der Waals surface area contributed by atoms with Gasteiger partial charge in [-0.1, -0.05) is 28.1 Å². The molecule has 1 aromatic rings. The van der Waals surface area contributed by atoms with Gasteiger partial charge in [0.2, 0.25) is 5.91 Å². The maximum absolute atomic E-state index is 11.8. The molecule has 1 heterocycles. The molecule has 0 atom stereocenters. The Morgan fingerprint density at radius 2 is 2.11 bits per heavy atom. The molecule has 1 saturated heterocycles. The number of aliphatic carboxylic acids is 1. The lowest BCUT2D eigenvalue weighted by Crippen LogP contribution is -2.53. The summed E-state index contributed by atoms with van der Waals surface area (Å²) >= 11 is 3.39. The van der Waals surface area contributed by atoms with Crippen LogP contribution in [0.1, 0.15) is 12.0 Å². The second kappa shape index (κ2) is 5.52. The Kier molecular flexibility index (Phi) is 4.01. The van der Waals surface area contributed by atoms with Crippen LogP contribution in [0, 0.1) is 5.92 Å². The fraction of sp³-hybridized carbons (Fsp3) is 0.385. The van der Waals surface area contributed by atoms with E-state index < -0.39 is 5.97 Å². The van der Waals surface area contributed by atoms with Crippen molar-refractivity contribution in [2.24, 2.45) is 5.92 Å². The van der Waals surface area contributed by atoms with Crippen LogP contribution in [0.15, 0.2) is 28.7 Å². The summed E-state index contributed by atoms with van der Waals surface area (Å²) in [4.78, 5) is 24.0. The first kappa shape index (κ1) is 13.1. The summed E-state index contributed by atoms with van der Waals surface area (Å²) in [6.07, 6.45) is 1.12. The average molecular weight is 312 g/mol. The summed E-state index contributed by atoms with van der Waals surface area (Å²) < 4.78 is 1.00. The molecule has 1 fully saturated rings. The van der Waals surface area contributed by atoms with Gasteiger partial charge in [0.25, 0.3) is 0 Å². The van der Waals surface area contributed by atoms with Gasteiger partial charge < -0.3 is 10.0 Å². The minimum absolute atomic E-state index is 0.0347. The summed E-state index contributed by atoms with van der Waals surface area (Å²) in [6, 6.07) is 7.85. The van der Waals surface area contributed by atoms with Crippen LogP contribution in [0.5, 0.6) is 0 Å². The number of benzene rings is 1. The van der Waals surface area contributed by atoms with Crippen LogP contribution < -0.4 is 0 Å². The largest absolute Gasteiger partial charge is 0.481 e. The van der Waals surface area contributed by atoms with E-state index in [9.17, 15) is 9.59 Å². The lowest BCUT2D eigenvalue weighted by atomic mass is 9.99. The molecule has 4 nitrogen and oxygen atoms in total. The van der Waals surface area contributed by atoms with E-state index in [0.717, 1.165) is 10.0 Å². The fourth-order valence-corrected chi connectivity index (χ4v) is 2.39. The highest BCUT2D eigenvalue weighted by atomic mass is 79.9. The van der Waals surface area contributed by atoms with Crippen molar-refractivity contribution in [3.8, 4) is 0 Å². The number of carbonyl (C=O) groups is 2. The normalized spacial score (nSPS) is 15.3. The first-order valence-corrected chi connectivity index (χ1v) is 6.60. The summed E-state index contributed by atoms with van der Waals surface area (Å²) in [6.45, 7) is 0.708. The number of carboxylic acid groups (broad SMARTS) is 1. The van der Waals surface area contributed by atoms with Crippen molar-refractivity contribution in [1.82, 2.24) is 4.90 Å². The van der Waals surface area contributed by atoms with Crippen LogP contribution in [0.2, 0.25) is 0 Å². The van der Waals surface area contributed by atoms with Crippen molar-refractivity contribution in [2.75, 3.05) is 13.1 Å². The van der Waals surface area contributed by atoms with Crippen LogP contribution in [0.25, 0.3) is 0 Å². The maximum atomic E-state index is 11.8. The molecule has 1 amide bonds. The first-order chi connectivity index (χ1) is 8.56. The summed E-state index contributed by atoms with van der Waals surface area (Å²) in [5, 5.41) is 8.73. The smallest absolute Gasteiger partial charge is 0.310 e. The number of aryl methyl sites for hydroxylation is 1. The van der Waals surface area contributed by atoms with Crippen LogP contribution in [-0.4, -0.2) is 35.0 Å². The van der Waals surface area contributed by atoms with Gasteiger partial charge in [-0.3, -0.25) is 9.59 Å². The fourth-order valence-electron chi connectivity index (χ4n) is 1.94. The minimum atomic E-state index is -0.814. The van der Waals surface area contributed by atoms with Gasteiger partial charge in [-0.25, -0.2) is 0 Å². The Hall–Kier alpha value is -1.36. The van der Waals surface area contributed by atoms with Crippen LogP contribution in [0.3, 0.4) is 0 Å². The molecule has 1 aliphatic heterocycles. The SMILES string of the molecule is O=C(O)C1CN(C(=O)CCc2cccc(Br)c2)C1. The van der Waals surface area contributed by atoms with E-state index in [4.69, 9.17) is 5.11 Å². The second-order valence-electron chi connectivity index (χ2n) is 4.46. The summed E-state index contributed by atoms with van der Waals surface area (Å²) in [5.74, 6) is -1.15. The lowest BCUT2D eigenvalue weighted by molar-refractivity contribution is -0.152. The monoisotopic (exact) mass is 311 g/mol. The zero-order valence-electron chi connectivity index (χ0n) is 9.80. The third-order valence-corrected chi connectivity index (χ3v) is 3.59. The average Bonchev–Trinajstić information content (AvgIpc) is 2.24. The second-order valence-corrected chi connectivity index (χ2v) is 5.38. The van der Waals surface area contributed by atoms with Gasteiger partial charge in [0.1, 0.15) is 0 Å². The predicted octanol–water partition coefficient (Wildman–Crippen LogP) is 1.92. The third-order valence-electron chi connectivity index (χ3n) is 3.10. The highest BCUT2D eigenvalue weighted by molar-refractivity contribution is 9.10. The van der Waals surface area contributed by atoms with Crippen molar-refractivity contribution in [2.45, 2.75) is 12.8 Å². The van der Waals surface area contributed by atoms with Crippen LogP contribution >= 0.6 is 15.9 Å². The zero-order valence-corrected chi connectivity index (χ0v) is 11.4. The van der Waals surface area contributed by atoms with Crippen molar-refractivity contribution in [3.05, 3.63) is 34.3 Å². The van der Waals surface area contributed by atoms with Gasteiger partial charge in [0, 0.05) is 24.0 Å². The van der Waals surface area contributed by atoms with Crippen LogP contribution in [0.4, 0.5) is 0 Å². The van der Waals surface area contributed by atoms with Crippen molar-refractivity contribution in [1.29, 1.82) is 0 Å². The van der Waals surface area contributed by atoms with E-state index in [-0.39, 0.29) is 11.8 Å². The summed E-state index contributed by atoms with van der Waals surface area (Å²) in [5.41, 5.74) is 1.10. The van der Waals surface area contributed by atoms with Gasteiger partial charge >= 0.3 is 5.97 Å². The van der Waals surface area contributed by atoms with Gasteiger partial charge in [0.05, 0.1) is 5.92 Å². The molecule has 0 unspecified atom stereocenters. The molecule has 1 N–H and O–H groups in total. The molecule has 5 heteroatoms. The van der Waals surface area contributed by atoms with Crippen molar-refractivity contribution < 1.29 is 14.7 Å². The third kappa shape index (κ3) is 3.10. The zero-order chi connectivity index (χ0) is 13.1. The Bertz CT molecular complexity index is 469. The number of carbonyl (C=O) groups excluding carboxylic acids is 1.